The van der Waals surface area contributed by atoms with E-state index in [0.717, 1.165) is 0 Å². The fourth-order valence-electron chi connectivity index (χ4n) is 2.86. The van der Waals surface area contributed by atoms with Gasteiger partial charge < -0.3 is 19.8 Å². The summed E-state index contributed by atoms with van der Waals surface area (Å²) < 4.78 is 12.2. The van der Waals surface area contributed by atoms with Gasteiger partial charge in [0, 0.05) is 17.8 Å². The molecule has 2 aromatic heterocycles. The normalized spacial score (nSPS) is 12.2. The Labute approximate surface area is 169 Å². The van der Waals surface area contributed by atoms with Crippen LogP contribution in [0.3, 0.4) is 0 Å². The van der Waals surface area contributed by atoms with E-state index < -0.39 is 23.9 Å². The predicted octanol–water partition coefficient (Wildman–Crippen LogP) is 3.16. The lowest BCUT2D eigenvalue weighted by Crippen LogP contribution is -2.31. The van der Waals surface area contributed by atoms with Gasteiger partial charge in [-0.25, -0.2) is 14.3 Å². The van der Waals surface area contributed by atoms with Crippen LogP contribution in [0.5, 0.6) is 0 Å². The summed E-state index contributed by atoms with van der Waals surface area (Å²) in [6, 6.07) is 1.73. The van der Waals surface area contributed by atoms with Crippen LogP contribution in [0, 0.1) is 13.8 Å². The molecule has 0 saturated carbocycles. The summed E-state index contributed by atoms with van der Waals surface area (Å²) in [5.74, 6) is -1.22. The van der Waals surface area contributed by atoms with Gasteiger partial charge in [0.2, 0.25) is 0 Å². The molecule has 0 aliphatic heterocycles. The van der Waals surface area contributed by atoms with Crippen LogP contribution in [0.2, 0.25) is 0 Å². The zero-order chi connectivity index (χ0) is 21.9. The van der Waals surface area contributed by atoms with E-state index in [4.69, 9.17) is 9.47 Å². The van der Waals surface area contributed by atoms with Crippen molar-refractivity contribution in [1.82, 2.24) is 14.8 Å². The van der Waals surface area contributed by atoms with E-state index in [9.17, 15) is 14.4 Å². The fraction of sp³-hybridized carbons (Fsp3) is 0.500. The van der Waals surface area contributed by atoms with Crippen molar-refractivity contribution in [3.8, 4) is 0 Å². The van der Waals surface area contributed by atoms with E-state index in [0.29, 0.717) is 22.6 Å². The fourth-order valence-corrected chi connectivity index (χ4v) is 2.86. The van der Waals surface area contributed by atoms with Gasteiger partial charge >= 0.3 is 11.9 Å². The standard InChI is InChI=1S/C20H28N4O5/c1-10(2)24-15(8-9-21-24)23-18(25)14(7)29-20(27)17-12(5)16(13(6)22-17)19(26)28-11(3)4/h8-11,14,22H,1-7H3,(H,23,25)/t14-/m1/s1. The van der Waals surface area contributed by atoms with Gasteiger partial charge in [0.1, 0.15) is 11.5 Å². The molecule has 9 heteroatoms. The van der Waals surface area contributed by atoms with Crippen LogP contribution in [0.15, 0.2) is 12.3 Å². The third-order valence-corrected chi connectivity index (χ3v) is 4.25. The van der Waals surface area contributed by atoms with Crippen molar-refractivity contribution in [2.75, 3.05) is 5.32 Å². The SMILES string of the molecule is Cc1[nH]c(C(=O)O[C@H](C)C(=O)Nc2ccnn2C(C)C)c(C)c1C(=O)OC(C)C. The number of esters is 2. The molecule has 158 valence electrons. The number of carbonyl (C=O) groups is 3. The lowest BCUT2D eigenvalue weighted by atomic mass is 10.1. The van der Waals surface area contributed by atoms with Gasteiger partial charge in [-0.05, 0) is 54.0 Å². The van der Waals surface area contributed by atoms with Crippen molar-refractivity contribution in [3.05, 3.63) is 34.8 Å². The van der Waals surface area contributed by atoms with Gasteiger partial charge in [-0.1, -0.05) is 0 Å². The second-order valence-corrected chi connectivity index (χ2v) is 7.37. The van der Waals surface area contributed by atoms with E-state index in [-0.39, 0.29) is 17.8 Å². The minimum atomic E-state index is -1.05. The summed E-state index contributed by atoms with van der Waals surface area (Å²) in [4.78, 5) is 40.1. The Morgan fingerprint density at radius 2 is 1.72 bits per heavy atom. The zero-order valence-electron chi connectivity index (χ0n) is 17.8. The quantitative estimate of drug-likeness (QED) is 0.685. The molecule has 9 nitrogen and oxygen atoms in total. The molecule has 2 aromatic rings. The number of hydrogen-bond acceptors (Lipinski definition) is 6. The Hall–Kier alpha value is -3.10. The summed E-state index contributed by atoms with van der Waals surface area (Å²) in [6.07, 6.45) is 0.247. The van der Waals surface area contributed by atoms with Crippen molar-refractivity contribution < 1.29 is 23.9 Å². The van der Waals surface area contributed by atoms with Crippen LogP contribution in [0.25, 0.3) is 0 Å². The molecule has 1 atom stereocenters. The number of aryl methyl sites for hydroxylation is 1. The van der Waals surface area contributed by atoms with E-state index >= 15 is 0 Å². The van der Waals surface area contributed by atoms with Crippen molar-refractivity contribution in [1.29, 1.82) is 0 Å². The van der Waals surface area contributed by atoms with Crippen molar-refractivity contribution in [3.63, 3.8) is 0 Å². The van der Waals surface area contributed by atoms with Crippen LogP contribution in [-0.4, -0.2) is 44.8 Å². The maximum absolute atomic E-state index is 12.6. The third kappa shape index (κ3) is 5.04. The summed E-state index contributed by atoms with van der Waals surface area (Å²) in [5.41, 5.74) is 1.33. The number of aromatic nitrogens is 3. The molecule has 0 spiro atoms. The minimum absolute atomic E-state index is 0.0618. The molecule has 1 amide bonds. The summed E-state index contributed by atoms with van der Waals surface area (Å²) >= 11 is 0. The number of ether oxygens (including phenoxy) is 2. The Morgan fingerprint density at radius 3 is 2.31 bits per heavy atom. The van der Waals surface area contributed by atoms with Crippen molar-refractivity contribution in [2.45, 2.75) is 66.7 Å². The molecule has 2 N–H and O–H groups in total. The molecular formula is C20H28N4O5. The van der Waals surface area contributed by atoms with Crippen LogP contribution < -0.4 is 5.32 Å². The average Bonchev–Trinajstić information content (AvgIpc) is 3.18. The number of nitrogens with zero attached hydrogens (tertiary/aromatic N) is 2. The molecule has 0 radical (unpaired) electrons. The highest BCUT2D eigenvalue weighted by molar-refractivity contribution is 6.00. The van der Waals surface area contributed by atoms with Gasteiger partial charge in [-0.15, -0.1) is 0 Å². The highest BCUT2D eigenvalue weighted by Gasteiger charge is 2.27. The second-order valence-electron chi connectivity index (χ2n) is 7.37. The van der Waals surface area contributed by atoms with Gasteiger partial charge in [0.15, 0.2) is 6.10 Å². The average molecular weight is 404 g/mol. The molecular weight excluding hydrogens is 376 g/mol. The van der Waals surface area contributed by atoms with Gasteiger partial charge in [-0.2, -0.15) is 5.10 Å². The molecule has 0 unspecified atom stereocenters. The molecule has 0 aromatic carbocycles. The number of amides is 1. The number of hydrogen-bond donors (Lipinski definition) is 2. The highest BCUT2D eigenvalue weighted by atomic mass is 16.6. The lowest BCUT2D eigenvalue weighted by Gasteiger charge is -2.15. The summed E-state index contributed by atoms with van der Waals surface area (Å²) in [5, 5.41) is 6.84. The molecule has 0 aliphatic rings. The molecule has 2 rings (SSSR count). The van der Waals surface area contributed by atoms with Crippen LogP contribution in [0.4, 0.5) is 5.82 Å². The Balaban J connectivity index is 2.10. The molecule has 2 heterocycles. The lowest BCUT2D eigenvalue weighted by molar-refractivity contribution is -0.123. The number of anilines is 1. The Morgan fingerprint density at radius 1 is 1.07 bits per heavy atom. The van der Waals surface area contributed by atoms with E-state index in [1.807, 2.05) is 13.8 Å². The second kappa shape index (κ2) is 8.93. The first kappa shape index (κ1) is 22.2. The van der Waals surface area contributed by atoms with E-state index in [1.54, 1.807) is 44.6 Å². The number of aromatic amines is 1. The predicted molar refractivity (Wildman–Crippen MR) is 107 cm³/mol. The Bertz CT molecular complexity index is 910. The molecule has 0 bridgehead atoms. The molecule has 0 saturated heterocycles. The maximum Gasteiger partial charge on any atom is 0.355 e. The smallest absolute Gasteiger partial charge is 0.355 e. The van der Waals surface area contributed by atoms with E-state index in [2.05, 4.69) is 15.4 Å². The number of H-pyrrole nitrogens is 1. The third-order valence-electron chi connectivity index (χ3n) is 4.25. The summed E-state index contributed by atoms with van der Waals surface area (Å²) in [6.45, 7) is 12.1. The zero-order valence-corrected chi connectivity index (χ0v) is 17.8. The van der Waals surface area contributed by atoms with Crippen LogP contribution in [0.1, 0.15) is 72.8 Å². The monoisotopic (exact) mass is 404 g/mol. The largest absolute Gasteiger partial charge is 0.459 e. The minimum Gasteiger partial charge on any atom is -0.459 e. The highest BCUT2D eigenvalue weighted by Crippen LogP contribution is 2.21. The van der Waals surface area contributed by atoms with Crippen LogP contribution in [-0.2, 0) is 14.3 Å². The number of nitrogens with one attached hydrogen (secondary N) is 2. The summed E-state index contributed by atoms with van der Waals surface area (Å²) in [7, 11) is 0. The van der Waals surface area contributed by atoms with Crippen molar-refractivity contribution >= 4 is 23.7 Å². The topological polar surface area (TPSA) is 115 Å². The molecule has 29 heavy (non-hydrogen) atoms. The van der Waals surface area contributed by atoms with Crippen molar-refractivity contribution in [2.24, 2.45) is 0 Å². The first-order valence-corrected chi connectivity index (χ1v) is 9.48. The van der Waals surface area contributed by atoms with Gasteiger partial charge in [0.05, 0.1) is 17.9 Å². The van der Waals surface area contributed by atoms with E-state index in [1.165, 1.54) is 6.92 Å². The Kier molecular flexibility index (Phi) is 6.84. The first-order valence-electron chi connectivity index (χ1n) is 9.48. The number of carbonyl (C=O) groups excluding carboxylic acids is 3. The number of rotatable bonds is 7. The van der Waals surface area contributed by atoms with Crippen LogP contribution >= 0.6 is 0 Å². The first-order chi connectivity index (χ1) is 13.5. The van der Waals surface area contributed by atoms with Gasteiger partial charge in [-0.3, -0.25) is 4.79 Å². The molecule has 0 fully saturated rings. The maximum atomic E-state index is 12.6. The molecule has 0 aliphatic carbocycles. The van der Waals surface area contributed by atoms with Gasteiger partial charge in [0.25, 0.3) is 5.91 Å².